The first-order valence-electron chi connectivity index (χ1n) is 8.03. The minimum Gasteiger partial charge on any atom is -0.358 e. The third kappa shape index (κ3) is 3.13. The van der Waals surface area contributed by atoms with Gasteiger partial charge >= 0.3 is 5.82 Å². The molecule has 0 saturated heterocycles. The normalized spacial score (nSPS) is 27.2. The van der Waals surface area contributed by atoms with Gasteiger partial charge in [0.2, 0.25) is 5.91 Å². The summed E-state index contributed by atoms with van der Waals surface area (Å²) in [6.07, 6.45) is 5.14. The summed E-state index contributed by atoms with van der Waals surface area (Å²) in [5.41, 5.74) is 0.583. The van der Waals surface area contributed by atoms with Crippen LogP contribution in [0, 0.1) is 34.8 Å². The molecule has 1 heterocycles. The van der Waals surface area contributed by atoms with Crippen molar-refractivity contribution in [1.82, 2.24) is 15.1 Å². The highest BCUT2D eigenvalue weighted by molar-refractivity contribution is 9.10. The molecule has 1 amide bonds. The lowest BCUT2D eigenvalue weighted by molar-refractivity contribution is -0.390. The van der Waals surface area contributed by atoms with Crippen molar-refractivity contribution in [2.24, 2.45) is 17.8 Å². The topological polar surface area (TPSA) is 90.1 Å². The Morgan fingerprint density at radius 3 is 2.78 bits per heavy atom. The Morgan fingerprint density at radius 1 is 1.52 bits per heavy atom. The van der Waals surface area contributed by atoms with Gasteiger partial charge in [0.1, 0.15) is 11.0 Å². The first-order valence-corrected chi connectivity index (χ1v) is 8.82. The van der Waals surface area contributed by atoms with E-state index in [9.17, 15) is 14.9 Å². The van der Waals surface area contributed by atoms with Crippen LogP contribution in [-0.4, -0.2) is 26.7 Å². The van der Waals surface area contributed by atoms with Gasteiger partial charge in [-0.3, -0.25) is 4.79 Å². The molecule has 126 valence electrons. The number of fused-ring (bicyclic) bond motifs is 2. The molecule has 1 N–H and O–H groups in total. The van der Waals surface area contributed by atoms with E-state index >= 15 is 0 Å². The van der Waals surface area contributed by atoms with Gasteiger partial charge in [-0.25, -0.2) is 0 Å². The lowest BCUT2D eigenvalue weighted by Crippen LogP contribution is -2.41. The van der Waals surface area contributed by atoms with Gasteiger partial charge in [-0.05, 0) is 71.7 Å². The zero-order valence-electron chi connectivity index (χ0n) is 13.3. The molecule has 0 aromatic carbocycles. The number of nitrogens with zero attached hydrogens (tertiary/aromatic N) is 3. The van der Waals surface area contributed by atoms with Crippen LogP contribution in [0.25, 0.3) is 0 Å². The Kier molecular flexibility index (Phi) is 4.44. The van der Waals surface area contributed by atoms with Crippen LogP contribution >= 0.6 is 15.9 Å². The van der Waals surface area contributed by atoms with Gasteiger partial charge in [0, 0.05) is 6.04 Å². The van der Waals surface area contributed by atoms with Crippen molar-refractivity contribution in [3.8, 4) is 0 Å². The summed E-state index contributed by atoms with van der Waals surface area (Å²) in [6, 6.07) is 0.145. The van der Waals surface area contributed by atoms with Gasteiger partial charge in [-0.1, -0.05) is 6.42 Å². The van der Waals surface area contributed by atoms with E-state index in [0.29, 0.717) is 16.1 Å². The van der Waals surface area contributed by atoms with E-state index in [0.717, 1.165) is 11.8 Å². The maximum atomic E-state index is 12.3. The number of halogens is 1. The fourth-order valence-corrected chi connectivity index (χ4v) is 4.66. The number of hydrogen-bond acceptors (Lipinski definition) is 4. The Labute approximate surface area is 143 Å². The molecule has 0 spiro atoms. The molecule has 1 aromatic heterocycles. The van der Waals surface area contributed by atoms with Gasteiger partial charge in [-0.15, -0.1) is 0 Å². The third-order valence-corrected chi connectivity index (χ3v) is 6.34. The molecule has 0 unspecified atom stereocenters. The van der Waals surface area contributed by atoms with Crippen LogP contribution in [0.3, 0.4) is 0 Å². The molecular weight excluding hydrogens is 364 g/mol. The number of carbonyl (C=O) groups excluding carboxylic acids is 1. The second-order valence-electron chi connectivity index (χ2n) is 6.83. The zero-order chi connectivity index (χ0) is 16.7. The minimum atomic E-state index is -0.552. The Balaban J connectivity index is 1.61. The first kappa shape index (κ1) is 16.4. The van der Waals surface area contributed by atoms with Crippen molar-refractivity contribution in [3.63, 3.8) is 0 Å². The molecule has 2 fully saturated rings. The summed E-state index contributed by atoms with van der Waals surface area (Å²) in [5, 5.41) is 17.9. The van der Waals surface area contributed by atoms with E-state index in [-0.39, 0.29) is 24.3 Å². The molecule has 1 aromatic rings. The summed E-state index contributed by atoms with van der Waals surface area (Å²) in [7, 11) is 0. The van der Waals surface area contributed by atoms with Crippen LogP contribution in [0.1, 0.15) is 38.3 Å². The fraction of sp³-hybridized carbons (Fsp3) is 0.733. The molecule has 7 nitrogen and oxygen atoms in total. The SMILES string of the molecule is Cc1c(Br)c([N+](=O)[O-])nn1CC(=O)N[C@H](C)[C@H]1C[C@@H]2CC[C@@H]1C2. The van der Waals surface area contributed by atoms with Crippen molar-refractivity contribution >= 4 is 27.7 Å². The minimum absolute atomic E-state index is 0.00340. The van der Waals surface area contributed by atoms with E-state index in [2.05, 4.69) is 33.3 Å². The van der Waals surface area contributed by atoms with E-state index < -0.39 is 4.92 Å². The molecule has 2 aliphatic rings. The maximum absolute atomic E-state index is 12.3. The largest absolute Gasteiger partial charge is 0.404 e. The number of nitrogens with one attached hydrogen (secondary N) is 1. The van der Waals surface area contributed by atoms with Gasteiger partial charge in [0.05, 0.1) is 10.8 Å². The predicted octanol–water partition coefficient (Wildman–Crippen LogP) is 2.80. The van der Waals surface area contributed by atoms with Crippen LogP contribution in [0.15, 0.2) is 4.47 Å². The molecule has 2 saturated carbocycles. The molecule has 4 atom stereocenters. The summed E-state index contributed by atoms with van der Waals surface area (Å²) in [5.74, 6) is 1.76. The molecule has 3 rings (SSSR count). The Morgan fingerprint density at radius 2 is 2.26 bits per heavy atom. The number of aromatic nitrogens is 2. The summed E-state index contributed by atoms with van der Waals surface area (Å²) < 4.78 is 1.71. The highest BCUT2D eigenvalue weighted by Gasteiger charge is 2.42. The van der Waals surface area contributed by atoms with Gasteiger partial charge in [0.15, 0.2) is 0 Å². The van der Waals surface area contributed by atoms with Crippen molar-refractivity contribution in [2.75, 3.05) is 0 Å². The molecule has 2 bridgehead atoms. The molecular formula is C15H21BrN4O3. The smallest absolute Gasteiger partial charge is 0.358 e. The number of nitro groups is 1. The van der Waals surface area contributed by atoms with Crippen LogP contribution < -0.4 is 5.32 Å². The zero-order valence-corrected chi connectivity index (χ0v) is 14.9. The van der Waals surface area contributed by atoms with Crippen LogP contribution in [0.4, 0.5) is 5.82 Å². The van der Waals surface area contributed by atoms with Gasteiger partial charge in [-0.2, -0.15) is 4.68 Å². The van der Waals surface area contributed by atoms with E-state index in [1.54, 1.807) is 6.92 Å². The Bertz CT molecular complexity index is 645. The van der Waals surface area contributed by atoms with Crippen LogP contribution in [-0.2, 0) is 11.3 Å². The summed E-state index contributed by atoms with van der Waals surface area (Å²) in [6.45, 7) is 3.78. The van der Waals surface area contributed by atoms with Gasteiger partial charge < -0.3 is 15.4 Å². The average Bonchev–Trinajstić information content (AvgIpc) is 3.17. The highest BCUT2D eigenvalue weighted by atomic mass is 79.9. The quantitative estimate of drug-likeness (QED) is 0.624. The third-order valence-electron chi connectivity index (χ3n) is 5.41. The standard InChI is InChI=1S/C15H21BrN4O3/c1-8(12-6-10-3-4-11(12)5-10)17-13(21)7-19-9(2)14(16)15(18-19)20(22)23/h8,10-12H,3-7H2,1-2H3,(H,17,21)/t8-,10-,11-,12-/m1/s1. The van der Waals surface area contributed by atoms with Crippen LogP contribution in [0.2, 0.25) is 0 Å². The summed E-state index contributed by atoms with van der Waals surface area (Å²) in [4.78, 5) is 22.6. The lowest BCUT2D eigenvalue weighted by Gasteiger charge is -2.28. The second kappa shape index (κ2) is 6.22. The second-order valence-corrected chi connectivity index (χ2v) is 7.63. The monoisotopic (exact) mass is 384 g/mol. The van der Waals surface area contributed by atoms with Crippen LogP contribution in [0.5, 0.6) is 0 Å². The van der Waals surface area contributed by atoms with Crippen molar-refractivity contribution in [3.05, 3.63) is 20.3 Å². The number of hydrogen-bond donors (Lipinski definition) is 1. The molecule has 0 aliphatic heterocycles. The predicted molar refractivity (Wildman–Crippen MR) is 87.9 cm³/mol. The molecule has 8 heteroatoms. The van der Waals surface area contributed by atoms with Gasteiger partial charge in [0.25, 0.3) is 0 Å². The highest BCUT2D eigenvalue weighted by Crippen LogP contribution is 2.49. The first-order chi connectivity index (χ1) is 10.9. The molecule has 2 aliphatic carbocycles. The molecule has 0 radical (unpaired) electrons. The number of amides is 1. The average molecular weight is 385 g/mol. The van der Waals surface area contributed by atoms with Crippen molar-refractivity contribution in [2.45, 2.75) is 52.1 Å². The lowest BCUT2D eigenvalue weighted by atomic mass is 9.84. The van der Waals surface area contributed by atoms with Crippen molar-refractivity contribution < 1.29 is 9.72 Å². The number of rotatable bonds is 5. The number of carbonyl (C=O) groups is 1. The van der Waals surface area contributed by atoms with Crippen molar-refractivity contribution in [1.29, 1.82) is 0 Å². The Hall–Kier alpha value is -1.44. The molecule has 23 heavy (non-hydrogen) atoms. The summed E-state index contributed by atoms with van der Waals surface area (Å²) >= 11 is 3.16. The maximum Gasteiger partial charge on any atom is 0.404 e. The van der Waals surface area contributed by atoms with E-state index in [4.69, 9.17) is 0 Å². The van der Waals surface area contributed by atoms with E-state index in [1.807, 2.05) is 0 Å². The van der Waals surface area contributed by atoms with E-state index in [1.165, 1.54) is 30.4 Å². The fourth-order valence-electron chi connectivity index (χ4n) is 4.23.